The number of anilines is 1. The molecule has 9 aromatic rings. The molecule has 0 fully saturated rings. The lowest BCUT2D eigenvalue weighted by Gasteiger charge is -2.13. The molecule has 0 unspecified atom stereocenters. The Hall–Kier alpha value is -9.97. The van der Waals surface area contributed by atoms with Crippen LogP contribution in [0.1, 0.15) is 0 Å². The van der Waals surface area contributed by atoms with Gasteiger partial charge in [0, 0.05) is 21.5 Å². The van der Waals surface area contributed by atoms with Gasteiger partial charge in [-0.15, -0.1) is 73.7 Å². The Morgan fingerprint density at radius 1 is 0.311 bits per heavy atom. The highest BCUT2D eigenvalue weighted by Gasteiger charge is 2.28. The fourth-order valence-electron chi connectivity index (χ4n) is 7.97. The molecule has 0 aromatic heterocycles. The first-order valence-corrected chi connectivity index (χ1v) is 33.0. The predicted octanol–water partition coefficient (Wildman–Crippen LogP) is 7.88. The van der Waals surface area contributed by atoms with E-state index in [-0.39, 0.29) is 61.1 Å². The highest BCUT2D eigenvalue weighted by Crippen LogP contribution is 2.48. The van der Waals surface area contributed by atoms with Crippen molar-refractivity contribution in [3.8, 4) is 17.2 Å². The predicted molar refractivity (Wildman–Crippen MR) is 307 cm³/mol. The van der Waals surface area contributed by atoms with Crippen LogP contribution in [0.3, 0.4) is 0 Å². The van der Waals surface area contributed by atoms with Gasteiger partial charge in [-0.25, -0.2) is 0 Å². The van der Waals surface area contributed by atoms with Gasteiger partial charge < -0.3 is 21.1 Å². The van der Waals surface area contributed by atoms with Crippen molar-refractivity contribution in [2.75, 3.05) is 5.73 Å². The fraction of sp³-hybridized carbons (Fsp3) is 0. The Labute approximate surface area is 507 Å². The van der Waals surface area contributed by atoms with Crippen molar-refractivity contribution in [1.82, 2.24) is 0 Å². The monoisotopic (exact) mass is 1400 g/mol. The van der Waals surface area contributed by atoms with E-state index in [1.165, 1.54) is 84.9 Å². The van der Waals surface area contributed by atoms with Crippen LogP contribution in [-0.2, 0) is 82.4 Å². The number of azo groups is 4. The minimum atomic E-state index is -5.40. The van der Waals surface area contributed by atoms with Gasteiger partial charge in [0.15, 0.2) is 17.2 Å². The van der Waals surface area contributed by atoms with Crippen LogP contribution in [0.2, 0.25) is 0 Å². The lowest BCUT2D eigenvalue weighted by Crippen LogP contribution is -2.02. The lowest BCUT2D eigenvalue weighted by atomic mass is 10.1. The summed E-state index contributed by atoms with van der Waals surface area (Å²) in [6, 6.07) is 25.2. The lowest BCUT2D eigenvalue weighted by molar-refractivity contribution is 0.472. The molecule has 0 amide bonds. The Morgan fingerprint density at radius 2 is 0.744 bits per heavy atom. The first kappa shape index (κ1) is 69.1. The second kappa shape index (κ2) is 27.2. The number of phenolic OH excluding ortho intramolecular Hbond substituents is 3. The molecule has 36 nitrogen and oxygen atoms in total. The number of fused-ring (bicyclic) bond motifs is 4. The number of nitrogens with two attached hydrogens (primary N) is 1. The van der Waals surface area contributed by atoms with Crippen LogP contribution in [0.15, 0.2) is 193 Å². The number of hydrogen-bond acceptors (Lipinski definition) is 31. The Balaban J connectivity index is 0.000000987. The van der Waals surface area contributed by atoms with Gasteiger partial charge in [-0.05, 0) is 95.0 Å². The van der Waals surface area contributed by atoms with Crippen LogP contribution in [0.5, 0.6) is 17.2 Å². The molecule has 0 saturated heterocycles. The average Bonchev–Trinajstić information content (AvgIpc) is 0.778. The molecule has 44 heteroatoms. The zero-order valence-electron chi connectivity index (χ0n) is 43.4. The van der Waals surface area contributed by atoms with Gasteiger partial charge in [-0.1, -0.05) is 48.5 Å². The van der Waals surface area contributed by atoms with Crippen molar-refractivity contribution < 1.29 is 118 Å². The molecule has 470 valence electrons. The fourth-order valence-corrected chi connectivity index (χ4v) is 11.3. The molecule has 0 heterocycles. The van der Waals surface area contributed by atoms with Gasteiger partial charge in [-0.2, -0.15) is 47.2 Å². The van der Waals surface area contributed by atoms with Crippen molar-refractivity contribution in [3.63, 3.8) is 0 Å². The highest BCUT2D eigenvalue weighted by molar-refractivity contribution is 7.87. The summed E-state index contributed by atoms with van der Waals surface area (Å²) in [5.41, 5.74) is 2.38. The molecule has 0 aliphatic heterocycles. The summed E-state index contributed by atoms with van der Waals surface area (Å²) >= 11 is 0. The maximum absolute atomic E-state index is 12.8. The molecule has 0 atom stereocenters. The zero-order valence-corrected chi connectivity index (χ0v) is 49.9. The third kappa shape index (κ3) is 16.8. The maximum atomic E-state index is 12.8. The van der Waals surface area contributed by atoms with E-state index in [9.17, 15) is 80.2 Å². The number of hydrogen-bond donors (Lipinski definition) is 9. The number of rotatable bonds is 13. The summed E-state index contributed by atoms with van der Waals surface area (Å²) in [7, 11) is -34.8. The normalized spacial score (nSPS) is 12.2. The van der Waals surface area contributed by atoms with E-state index in [0.29, 0.717) is 17.5 Å². The highest BCUT2D eigenvalue weighted by atomic mass is 32.2. The molecule has 9 rings (SSSR count). The van der Waals surface area contributed by atoms with Crippen LogP contribution in [-0.4, -0.2) is 118 Å². The Kier molecular flexibility index (Phi) is 20.9. The summed E-state index contributed by atoms with van der Waals surface area (Å²) in [5, 5.41) is 64.5. The third-order valence-corrected chi connectivity index (χ3v) is 15.9. The summed E-state index contributed by atoms with van der Waals surface area (Å²) in [4.78, 5) is -4.36. The Bertz CT molecular complexity index is 5520. The molecule has 0 aliphatic carbocycles. The summed E-state index contributed by atoms with van der Waals surface area (Å²) < 4.78 is 250. The van der Waals surface area contributed by atoms with Gasteiger partial charge in [-0.3, -0.25) is 22.8 Å². The van der Waals surface area contributed by atoms with Gasteiger partial charge >= 0.3 is 31.8 Å². The van der Waals surface area contributed by atoms with Gasteiger partial charge in [0.1, 0.15) is 58.6 Å². The zero-order chi connectivity index (χ0) is 67.2. The summed E-state index contributed by atoms with van der Waals surface area (Å²) in [6.07, 6.45) is 0. The number of nitrogen functional groups attached to an aromatic ring is 1. The molecular weight excluding hydrogens is 1370 g/mol. The first-order valence-electron chi connectivity index (χ1n) is 22.8. The second-order valence-electron chi connectivity index (χ2n) is 17.0. The number of phenols is 3. The van der Waals surface area contributed by atoms with Crippen molar-refractivity contribution in [2.45, 2.75) is 24.5 Å². The molecule has 0 radical (unpaired) electrons. The van der Waals surface area contributed by atoms with Crippen LogP contribution in [0.4, 0.5) is 51.2 Å². The van der Waals surface area contributed by atoms with Gasteiger partial charge in [0.25, 0.3) is 50.6 Å². The largest absolute Gasteiger partial charge is 0.505 e. The average molecular weight is 1400 g/mol. The summed E-state index contributed by atoms with van der Waals surface area (Å²) in [5.74, 6) is -2.21. The van der Waals surface area contributed by atoms with E-state index in [4.69, 9.17) is 43.6 Å². The maximum Gasteiger partial charge on any atom is 0.425 e. The van der Waals surface area contributed by atoms with E-state index in [2.05, 4.69) is 40.9 Å². The van der Waals surface area contributed by atoms with Crippen molar-refractivity contribution in [3.05, 3.63) is 127 Å². The van der Waals surface area contributed by atoms with Crippen LogP contribution < -0.4 is 5.73 Å². The van der Waals surface area contributed by atoms with Gasteiger partial charge in [0.05, 0.1) is 22.4 Å². The number of nitrogens with zero attached hydrogens (tertiary/aromatic N) is 8. The topological polar surface area (TPSA) is 611 Å². The van der Waals surface area contributed by atoms with Crippen molar-refractivity contribution in [1.29, 1.82) is 0 Å². The van der Waals surface area contributed by atoms with E-state index >= 15 is 0 Å². The molecule has 0 aliphatic rings. The number of benzene rings is 9. The first-order chi connectivity index (χ1) is 41.7. The molecule has 90 heavy (non-hydrogen) atoms. The number of aromatic hydroxyl groups is 3. The quantitative estimate of drug-likeness (QED) is 0.0301. The minimum absolute atomic E-state index is 0.0404. The molecule has 0 bridgehead atoms. The SMILES string of the molecule is Nc1c(N=Nc2cc3c(O)c(N=Nc4ccc(S(=O)(=O)O)c5ccccc45)c(S(=O)(=O)O)cc3cc2S(=O)(=O)O)c(S(=O)(=O)O)cc2ccc(N=Nc3ccc4c(O)c(N=Nc5ccccc5S(=O)(=O)O)ccc4c3)c(O)c12.O=S(=O)=O.O=S(=O)=O.O=S(=O)=O. The molecular formula is C46H31N9O27S8. The van der Waals surface area contributed by atoms with Crippen molar-refractivity contribution in [2.24, 2.45) is 40.9 Å². The summed E-state index contributed by atoms with van der Waals surface area (Å²) in [6.45, 7) is 0. The molecule has 0 spiro atoms. The smallest absolute Gasteiger partial charge is 0.425 e. The van der Waals surface area contributed by atoms with Crippen LogP contribution >= 0.6 is 0 Å². The van der Waals surface area contributed by atoms with E-state index in [1.807, 2.05) is 0 Å². The Morgan fingerprint density at radius 3 is 1.32 bits per heavy atom. The standard InChI is InChI=1S/C46H31N9O18S5.3O3S/c47-41-40-23(10-14-33(46(40)58)51-48-25-11-12-26-22(17-25)9-13-32(44(26)56)52-50-31-7-3-4-8-36(31)75(62,63)64)18-38(77(68,69)70)42(41)54-53-34-21-29-24(19-37(34)76(65,66)67)20-39(78(71,72)73)43(45(29)57)55-49-30-15-16-35(74(59,60)61)28-6-2-1-5-27(28)30;3*1-4(2)3/h1-21,56-58H,47H2,(H,59,60,61)(H,62,63,64)(H,65,66,67)(H,68,69,70)(H,71,72,73);;;. The van der Waals surface area contributed by atoms with Crippen LogP contribution in [0.25, 0.3) is 43.1 Å². The molecule has 0 saturated carbocycles. The van der Waals surface area contributed by atoms with Crippen molar-refractivity contribution >= 4 is 177 Å². The van der Waals surface area contributed by atoms with E-state index in [1.54, 1.807) is 0 Å². The van der Waals surface area contributed by atoms with E-state index in [0.717, 1.165) is 30.3 Å². The van der Waals surface area contributed by atoms with E-state index < -0.39 is 152 Å². The molecule has 10 N–H and O–H groups in total. The van der Waals surface area contributed by atoms with Gasteiger partial charge in [0.2, 0.25) is 0 Å². The minimum Gasteiger partial charge on any atom is -0.505 e. The molecule has 9 aromatic carbocycles. The second-order valence-corrected chi connectivity index (χ2v) is 25.2. The van der Waals surface area contributed by atoms with Crippen LogP contribution in [0, 0.1) is 0 Å². The third-order valence-electron chi connectivity index (χ3n) is 11.5.